The SMILES string of the molecule is CCCCNC(=O)N1CCC[C@H]1CS(N)(=O)=O. The Labute approximate surface area is 103 Å². The Balaban J connectivity index is 2.48. The number of rotatable bonds is 5. The van der Waals surface area contributed by atoms with Gasteiger partial charge in [0, 0.05) is 19.1 Å². The number of amides is 2. The Hall–Kier alpha value is -0.820. The van der Waals surface area contributed by atoms with Crippen LogP contribution in [0.1, 0.15) is 32.6 Å². The van der Waals surface area contributed by atoms with E-state index in [-0.39, 0.29) is 17.8 Å². The summed E-state index contributed by atoms with van der Waals surface area (Å²) in [6.07, 6.45) is 3.49. The summed E-state index contributed by atoms with van der Waals surface area (Å²) in [5.41, 5.74) is 0. The number of urea groups is 1. The van der Waals surface area contributed by atoms with E-state index in [0.717, 1.165) is 19.3 Å². The Morgan fingerprint density at radius 2 is 2.24 bits per heavy atom. The van der Waals surface area contributed by atoms with Gasteiger partial charge >= 0.3 is 6.03 Å². The monoisotopic (exact) mass is 263 g/mol. The van der Waals surface area contributed by atoms with Crippen molar-refractivity contribution < 1.29 is 13.2 Å². The molecule has 0 aliphatic carbocycles. The molecule has 0 radical (unpaired) electrons. The van der Waals surface area contributed by atoms with Gasteiger partial charge in [-0.2, -0.15) is 0 Å². The van der Waals surface area contributed by atoms with E-state index in [4.69, 9.17) is 5.14 Å². The van der Waals surface area contributed by atoms with Gasteiger partial charge < -0.3 is 10.2 Å². The summed E-state index contributed by atoms with van der Waals surface area (Å²) in [7, 11) is -3.52. The number of hydrogen-bond donors (Lipinski definition) is 2. The first-order chi connectivity index (χ1) is 7.94. The van der Waals surface area contributed by atoms with Crippen molar-refractivity contribution in [2.45, 2.75) is 38.6 Å². The lowest BCUT2D eigenvalue weighted by Crippen LogP contribution is -2.46. The topological polar surface area (TPSA) is 92.5 Å². The number of nitrogens with one attached hydrogen (secondary N) is 1. The standard InChI is InChI=1S/C10H21N3O3S/c1-2-3-6-12-10(14)13-7-4-5-9(13)8-17(11,15)16/h9H,2-8H2,1H3,(H,12,14)(H2,11,15,16)/t9-/m0/s1. The van der Waals surface area contributed by atoms with Gasteiger partial charge in [-0.3, -0.25) is 0 Å². The Kier molecular flexibility index (Phi) is 5.20. The number of primary sulfonamides is 1. The summed E-state index contributed by atoms with van der Waals surface area (Å²) < 4.78 is 22.1. The molecule has 100 valence electrons. The largest absolute Gasteiger partial charge is 0.338 e. The van der Waals surface area contributed by atoms with E-state index < -0.39 is 10.0 Å². The molecule has 7 heteroatoms. The molecule has 1 aliphatic heterocycles. The van der Waals surface area contributed by atoms with Gasteiger partial charge in [0.05, 0.1) is 5.75 Å². The van der Waals surface area contributed by atoms with Crippen molar-refractivity contribution >= 4 is 16.1 Å². The lowest BCUT2D eigenvalue weighted by Gasteiger charge is -2.24. The van der Waals surface area contributed by atoms with Crippen LogP contribution in [0.3, 0.4) is 0 Å². The summed E-state index contributed by atoms with van der Waals surface area (Å²) in [5, 5.41) is 7.81. The van der Waals surface area contributed by atoms with E-state index in [0.29, 0.717) is 19.5 Å². The third kappa shape index (κ3) is 4.91. The molecule has 2 amide bonds. The van der Waals surface area contributed by atoms with Gasteiger partial charge in [0.2, 0.25) is 10.0 Å². The molecule has 0 bridgehead atoms. The summed E-state index contributed by atoms with van der Waals surface area (Å²) in [5.74, 6) is -0.145. The number of hydrogen-bond acceptors (Lipinski definition) is 3. The van der Waals surface area contributed by atoms with Crippen molar-refractivity contribution in [3.05, 3.63) is 0 Å². The number of unbranched alkanes of at least 4 members (excludes halogenated alkanes) is 1. The quantitative estimate of drug-likeness (QED) is 0.696. The van der Waals surface area contributed by atoms with E-state index >= 15 is 0 Å². The first-order valence-electron chi connectivity index (χ1n) is 5.99. The lowest BCUT2D eigenvalue weighted by molar-refractivity contribution is 0.196. The predicted octanol–water partition coefficient (Wildman–Crippen LogP) is 0.249. The molecule has 1 atom stereocenters. The summed E-state index contributed by atoms with van der Waals surface area (Å²) >= 11 is 0. The van der Waals surface area contributed by atoms with Crippen LogP contribution in [0.2, 0.25) is 0 Å². The van der Waals surface area contributed by atoms with E-state index in [2.05, 4.69) is 5.32 Å². The molecule has 0 spiro atoms. The van der Waals surface area contributed by atoms with Crippen LogP contribution < -0.4 is 10.5 Å². The second-order valence-corrected chi connectivity index (χ2v) is 6.06. The Morgan fingerprint density at radius 1 is 1.53 bits per heavy atom. The number of sulfonamides is 1. The summed E-state index contributed by atoms with van der Waals surface area (Å²) in [6.45, 7) is 3.29. The first-order valence-corrected chi connectivity index (χ1v) is 7.70. The number of likely N-dealkylation sites (tertiary alicyclic amines) is 1. The molecule has 1 aliphatic rings. The molecule has 0 unspecified atom stereocenters. The molecule has 0 aromatic carbocycles. The number of carbonyl (C=O) groups excluding carboxylic acids is 1. The molecular formula is C10H21N3O3S. The van der Waals surface area contributed by atoms with Crippen molar-refractivity contribution in [1.29, 1.82) is 0 Å². The fraction of sp³-hybridized carbons (Fsp3) is 0.900. The minimum absolute atomic E-state index is 0.145. The molecule has 1 heterocycles. The van der Waals surface area contributed by atoms with E-state index in [1.165, 1.54) is 0 Å². The van der Waals surface area contributed by atoms with E-state index in [9.17, 15) is 13.2 Å². The minimum atomic E-state index is -3.52. The van der Waals surface area contributed by atoms with Gasteiger partial charge in [-0.1, -0.05) is 13.3 Å². The maximum absolute atomic E-state index is 11.8. The average molecular weight is 263 g/mol. The highest BCUT2D eigenvalue weighted by Gasteiger charge is 2.31. The fourth-order valence-electron chi connectivity index (χ4n) is 2.02. The maximum atomic E-state index is 11.8. The van der Waals surface area contributed by atoms with Gasteiger partial charge in [-0.15, -0.1) is 0 Å². The lowest BCUT2D eigenvalue weighted by atomic mass is 10.2. The molecule has 0 saturated carbocycles. The van der Waals surface area contributed by atoms with Crippen molar-refractivity contribution in [3.63, 3.8) is 0 Å². The third-order valence-electron chi connectivity index (χ3n) is 2.87. The van der Waals surface area contributed by atoms with Crippen LogP contribution in [0.15, 0.2) is 0 Å². The predicted molar refractivity (Wildman–Crippen MR) is 66.0 cm³/mol. The second-order valence-electron chi connectivity index (χ2n) is 4.40. The fourth-order valence-corrected chi connectivity index (χ4v) is 2.90. The number of nitrogens with two attached hydrogens (primary N) is 1. The van der Waals surface area contributed by atoms with Crippen molar-refractivity contribution in [2.75, 3.05) is 18.8 Å². The number of nitrogens with zero attached hydrogens (tertiary/aromatic N) is 1. The molecule has 3 N–H and O–H groups in total. The summed E-state index contributed by atoms with van der Waals surface area (Å²) in [4.78, 5) is 13.4. The molecule has 0 aromatic rings. The van der Waals surface area contributed by atoms with Gasteiger partial charge in [0.15, 0.2) is 0 Å². The normalized spacial score (nSPS) is 20.6. The zero-order valence-corrected chi connectivity index (χ0v) is 11.0. The van der Waals surface area contributed by atoms with Gasteiger partial charge in [-0.05, 0) is 19.3 Å². The third-order valence-corrected chi connectivity index (χ3v) is 3.72. The average Bonchev–Trinajstić information content (AvgIpc) is 2.63. The highest BCUT2D eigenvalue weighted by molar-refractivity contribution is 7.89. The van der Waals surface area contributed by atoms with Crippen LogP contribution in [-0.2, 0) is 10.0 Å². The van der Waals surface area contributed by atoms with Crippen molar-refractivity contribution in [3.8, 4) is 0 Å². The Bertz CT molecular complexity index is 356. The minimum Gasteiger partial charge on any atom is -0.338 e. The van der Waals surface area contributed by atoms with Crippen LogP contribution in [0.25, 0.3) is 0 Å². The van der Waals surface area contributed by atoms with E-state index in [1.807, 2.05) is 6.92 Å². The first kappa shape index (κ1) is 14.2. The highest BCUT2D eigenvalue weighted by atomic mass is 32.2. The second kappa shape index (κ2) is 6.20. The van der Waals surface area contributed by atoms with Crippen molar-refractivity contribution in [2.24, 2.45) is 5.14 Å². The van der Waals surface area contributed by atoms with Crippen molar-refractivity contribution in [1.82, 2.24) is 10.2 Å². The van der Waals surface area contributed by atoms with Crippen LogP contribution in [-0.4, -0.2) is 44.2 Å². The Morgan fingerprint density at radius 3 is 2.82 bits per heavy atom. The van der Waals surface area contributed by atoms with Gasteiger partial charge in [0.1, 0.15) is 0 Å². The van der Waals surface area contributed by atoms with Crippen LogP contribution >= 0.6 is 0 Å². The molecule has 6 nitrogen and oxygen atoms in total. The highest BCUT2D eigenvalue weighted by Crippen LogP contribution is 2.18. The van der Waals surface area contributed by atoms with Crippen LogP contribution in [0.5, 0.6) is 0 Å². The zero-order valence-electron chi connectivity index (χ0n) is 10.2. The number of carbonyl (C=O) groups is 1. The molecular weight excluding hydrogens is 242 g/mol. The molecule has 1 fully saturated rings. The smallest absolute Gasteiger partial charge is 0.317 e. The molecule has 17 heavy (non-hydrogen) atoms. The van der Waals surface area contributed by atoms with Gasteiger partial charge in [0.25, 0.3) is 0 Å². The summed E-state index contributed by atoms with van der Waals surface area (Å²) in [6, 6.07) is -0.448. The maximum Gasteiger partial charge on any atom is 0.317 e. The molecule has 1 saturated heterocycles. The van der Waals surface area contributed by atoms with Crippen LogP contribution in [0.4, 0.5) is 4.79 Å². The van der Waals surface area contributed by atoms with Crippen LogP contribution in [0, 0.1) is 0 Å². The zero-order chi connectivity index (χ0) is 12.9. The van der Waals surface area contributed by atoms with Gasteiger partial charge in [-0.25, -0.2) is 18.4 Å². The molecule has 0 aromatic heterocycles. The van der Waals surface area contributed by atoms with E-state index in [1.54, 1.807) is 4.90 Å². The molecule has 1 rings (SSSR count).